The number of hydrogen-bond donors (Lipinski definition) is 2. The summed E-state index contributed by atoms with van der Waals surface area (Å²) in [6.07, 6.45) is -0.467. The van der Waals surface area contributed by atoms with E-state index in [9.17, 15) is 5.11 Å². The number of methoxy groups -OCH3 is 1. The van der Waals surface area contributed by atoms with Crippen molar-refractivity contribution in [2.75, 3.05) is 13.7 Å². The van der Waals surface area contributed by atoms with E-state index in [0.717, 1.165) is 0 Å². The van der Waals surface area contributed by atoms with Crippen LogP contribution < -0.4 is 4.74 Å². The van der Waals surface area contributed by atoms with Crippen LogP contribution in [0.1, 0.15) is 18.1 Å². The number of benzene rings is 1. The first-order chi connectivity index (χ1) is 6.69. The minimum atomic E-state index is -0.742. The third kappa shape index (κ3) is 2.61. The van der Waals surface area contributed by atoms with E-state index in [1.54, 1.807) is 18.2 Å². The van der Waals surface area contributed by atoms with Gasteiger partial charge in [-0.2, -0.15) is 0 Å². The number of rotatable bonds is 4. The fourth-order valence-electron chi connectivity index (χ4n) is 1.24. The van der Waals surface area contributed by atoms with Gasteiger partial charge in [0.05, 0.1) is 13.2 Å². The molecular formula is C10H13ClO3. The van der Waals surface area contributed by atoms with Crippen molar-refractivity contribution in [3.8, 4) is 5.75 Å². The molecule has 0 bridgehead atoms. The van der Waals surface area contributed by atoms with Gasteiger partial charge in [-0.3, -0.25) is 0 Å². The highest BCUT2D eigenvalue weighted by Gasteiger charge is 2.12. The molecule has 0 aliphatic heterocycles. The third-order valence-electron chi connectivity index (χ3n) is 1.95. The zero-order valence-corrected chi connectivity index (χ0v) is 8.66. The molecule has 0 spiro atoms. The summed E-state index contributed by atoms with van der Waals surface area (Å²) in [5, 5.41) is 18.9. The maximum Gasteiger partial charge on any atom is 0.124 e. The summed E-state index contributed by atoms with van der Waals surface area (Å²) in [5.74, 6) is 0.579. The Bertz CT molecular complexity index is 301. The summed E-state index contributed by atoms with van der Waals surface area (Å²) in [5.41, 5.74) is 0.606. The Labute approximate surface area is 87.9 Å². The Morgan fingerprint density at radius 2 is 2.21 bits per heavy atom. The summed E-state index contributed by atoms with van der Waals surface area (Å²) in [6, 6.07) is 5.02. The number of halogens is 1. The highest BCUT2D eigenvalue weighted by molar-refractivity contribution is 6.30. The van der Waals surface area contributed by atoms with E-state index in [4.69, 9.17) is 21.4 Å². The molecule has 0 aliphatic rings. The highest BCUT2D eigenvalue weighted by atomic mass is 35.5. The standard InChI is InChI=1S/C10H13ClO3/c1-14-10-3-2-7(11)6-8(10)9(13)4-5-12/h2-3,6,9,12-13H,4-5H2,1H3. The smallest absolute Gasteiger partial charge is 0.124 e. The summed E-state index contributed by atoms with van der Waals surface area (Å²) < 4.78 is 5.07. The topological polar surface area (TPSA) is 49.7 Å². The number of aliphatic hydroxyl groups excluding tert-OH is 2. The van der Waals surface area contributed by atoms with Crippen molar-refractivity contribution in [1.29, 1.82) is 0 Å². The second-order valence-electron chi connectivity index (χ2n) is 2.91. The molecule has 1 atom stereocenters. The van der Waals surface area contributed by atoms with Crippen LogP contribution in [0.5, 0.6) is 5.75 Å². The Morgan fingerprint density at radius 3 is 2.79 bits per heavy atom. The molecule has 0 radical (unpaired) electrons. The molecule has 0 aromatic heterocycles. The Balaban J connectivity index is 2.97. The van der Waals surface area contributed by atoms with Crippen LogP contribution in [0.15, 0.2) is 18.2 Å². The lowest BCUT2D eigenvalue weighted by molar-refractivity contribution is 0.131. The molecule has 1 aromatic rings. The molecule has 0 heterocycles. The zero-order chi connectivity index (χ0) is 10.6. The van der Waals surface area contributed by atoms with Gasteiger partial charge >= 0.3 is 0 Å². The lowest BCUT2D eigenvalue weighted by Crippen LogP contribution is -2.02. The van der Waals surface area contributed by atoms with Gasteiger partial charge in [0.1, 0.15) is 5.75 Å². The average Bonchev–Trinajstić information content (AvgIpc) is 2.18. The lowest BCUT2D eigenvalue weighted by Gasteiger charge is -2.13. The SMILES string of the molecule is COc1ccc(Cl)cc1C(O)CCO. The van der Waals surface area contributed by atoms with E-state index in [2.05, 4.69) is 0 Å². The Kier molecular flexibility index (Phi) is 4.20. The molecule has 1 aromatic carbocycles. The minimum Gasteiger partial charge on any atom is -0.496 e. The van der Waals surface area contributed by atoms with Crippen molar-refractivity contribution in [1.82, 2.24) is 0 Å². The van der Waals surface area contributed by atoms with Gasteiger partial charge in [0.25, 0.3) is 0 Å². The molecular weight excluding hydrogens is 204 g/mol. The molecule has 0 aliphatic carbocycles. The maximum atomic E-state index is 9.66. The Morgan fingerprint density at radius 1 is 1.50 bits per heavy atom. The predicted molar refractivity (Wildman–Crippen MR) is 54.7 cm³/mol. The van der Waals surface area contributed by atoms with Crippen LogP contribution in [0.3, 0.4) is 0 Å². The second-order valence-corrected chi connectivity index (χ2v) is 3.35. The monoisotopic (exact) mass is 216 g/mol. The first-order valence-corrected chi connectivity index (χ1v) is 4.69. The second kappa shape index (κ2) is 5.20. The minimum absolute atomic E-state index is 0.0726. The number of ether oxygens (including phenoxy) is 1. The fraction of sp³-hybridized carbons (Fsp3) is 0.400. The van der Waals surface area contributed by atoms with Crippen LogP contribution in [-0.4, -0.2) is 23.9 Å². The molecule has 1 rings (SSSR count). The largest absolute Gasteiger partial charge is 0.496 e. The van der Waals surface area contributed by atoms with Crippen molar-refractivity contribution < 1.29 is 14.9 Å². The van der Waals surface area contributed by atoms with Crippen LogP contribution in [0.4, 0.5) is 0 Å². The van der Waals surface area contributed by atoms with E-state index >= 15 is 0 Å². The van der Waals surface area contributed by atoms with Crippen LogP contribution in [0.25, 0.3) is 0 Å². The first kappa shape index (κ1) is 11.3. The van der Waals surface area contributed by atoms with Crippen molar-refractivity contribution in [2.24, 2.45) is 0 Å². The molecule has 0 amide bonds. The molecule has 2 N–H and O–H groups in total. The van der Waals surface area contributed by atoms with E-state index < -0.39 is 6.10 Å². The van der Waals surface area contributed by atoms with Crippen LogP contribution in [0, 0.1) is 0 Å². The van der Waals surface area contributed by atoms with Gasteiger partial charge in [-0.1, -0.05) is 11.6 Å². The maximum absolute atomic E-state index is 9.66. The third-order valence-corrected chi connectivity index (χ3v) is 2.19. The molecule has 0 saturated heterocycles. The molecule has 4 heteroatoms. The van der Waals surface area contributed by atoms with Crippen molar-refractivity contribution in [2.45, 2.75) is 12.5 Å². The van der Waals surface area contributed by atoms with Crippen LogP contribution >= 0.6 is 11.6 Å². The van der Waals surface area contributed by atoms with E-state index in [1.807, 2.05) is 0 Å². The fourth-order valence-corrected chi connectivity index (χ4v) is 1.42. The van der Waals surface area contributed by atoms with Gasteiger partial charge in [-0.05, 0) is 18.2 Å². The van der Waals surface area contributed by atoms with Gasteiger partial charge < -0.3 is 14.9 Å². The first-order valence-electron chi connectivity index (χ1n) is 4.31. The van der Waals surface area contributed by atoms with Crippen molar-refractivity contribution in [3.05, 3.63) is 28.8 Å². The number of aliphatic hydroxyl groups is 2. The van der Waals surface area contributed by atoms with Crippen molar-refractivity contribution >= 4 is 11.6 Å². The summed E-state index contributed by atoms with van der Waals surface area (Å²) in [7, 11) is 1.53. The molecule has 3 nitrogen and oxygen atoms in total. The van der Waals surface area contributed by atoms with Gasteiger partial charge in [-0.15, -0.1) is 0 Å². The zero-order valence-electron chi connectivity index (χ0n) is 7.90. The molecule has 78 valence electrons. The van der Waals surface area contributed by atoms with E-state index in [0.29, 0.717) is 16.3 Å². The average molecular weight is 217 g/mol. The van der Waals surface area contributed by atoms with Gasteiger partial charge in [-0.25, -0.2) is 0 Å². The van der Waals surface area contributed by atoms with E-state index in [-0.39, 0.29) is 13.0 Å². The predicted octanol–water partition coefficient (Wildman–Crippen LogP) is 1.76. The molecule has 0 saturated carbocycles. The van der Waals surface area contributed by atoms with Crippen LogP contribution in [-0.2, 0) is 0 Å². The van der Waals surface area contributed by atoms with Gasteiger partial charge in [0.2, 0.25) is 0 Å². The Hall–Kier alpha value is -0.770. The molecule has 0 fully saturated rings. The summed E-state index contributed by atoms with van der Waals surface area (Å²) >= 11 is 5.79. The van der Waals surface area contributed by atoms with Crippen molar-refractivity contribution in [3.63, 3.8) is 0 Å². The quantitative estimate of drug-likeness (QED) is 0.807. The van der Waals surface area contributed by atoms with Gasteiger partial charge in [0.15, 0.2) is 0 Å². The summed E-state index contributed by atoms with van der Waals surface area (Å²) in [4.78, 5) is 0. The molecule has 1 unspecified atom stereocenters. The normalized spacial score (nSPS) is 12.6. The van der Waals surface area contributed by atoms with Crippen LogP contribution in [0.2, 0.25) is 5.02 Å². The van der Waals surface area contributed by atoms with E-state index in [1.165, 1.54) is 7.11 Å². The van der Waals surface area contributed by atoms with Gasteiger partial charge in [0, 0.05) is 23.6 Å². The number of hydrogen-bond acceptors (Lipinski definition) is 3. The lowest BCUT2D eigenvalue weighted by atomic mass is 10.1. The highest BCUT2D eigenvalue weighted by Crippen LogP contribution is 2.29. The summed E-state index contributed by atoms with van der Waals surface area (Å²) in [6.45, 7) is -0.0726. The molecule has 14 heavy (non-hydrogen) atoms.